The molecule has 1 fully saturated rings. The molecule has 0 radical (unpaired) electrons. The summed E-state index contributed by atoms with van der Waals surface area (Å²) in [5.41, 5.74) is 0.385. The molecule has 0 bridgehead atoms. The van der Waals surface area contributed by atoms with Crippen LogP contribution in [0.25, 0.3) is 0 Å². The molecule has 108 valence electrons. The highest BCUT2D eigenvalue weighted by atomic mass is 35.5. The van der Waals surface area contributed by atoms with Crippen molar-refractivity contribution in [1.29, 1.82) is 0 Å². The van der Waals surface area contributed by atoms with Gasteiger partial charge >= 0.3 is 0 Å². The molecule has 0 spiro atoms. The van der Waals surface area contributed by atoms with Crippen LogP contribution in [0.2, 0.25) is 5.15 Å². The Kier molecular flexibility index (Phi) is 3.96. The zero-order chi connectivity index (χ0) is 14.7. The molecule has 7 heteroatoms. The van der Waals surface area contributed by atoms with Crippen LogP contribution in [0.4, 0.5) is 5.82 Å². The molecule has 1 aliphatic rings. The van der Waals surface area contributed by atoms with E-state index < -0.39 is 0 Å². The molecule has 1 amide bonds. The quantitative estimate of drug-likeness (QED) is 0.787. The van der Waals surface area contributed by atoms with Gasteiger partial charge in [0.05, 0.1) is 6.20 Å². The van der Waals surface area contributed by atoms with Crippen molar-refractivity contribution in [2.75, 3.05) is 31.1 Å². The van der Waals surface area contributed by atoms with Gasteiger partial charge in [-0.05, 0) is 12.1 Å². The van der Waals surface area contributed by atoms with Crippen LogP contribution in [-0.2, 0) is 0 Å². The predicted molar refractivity (Wildman–Crippen MR) is 79.4 cm³/mol. The molecular formula is C14H14ClN5O. The highest BCUT2D eigenvalue weighted by Gasteiger charge is 2.23. The average Bonchev–Trinajstić information content (AvgIpc) is 2.55. The van der Waals surface area contributed by atoms with Crippen LogP contribution in [0.5, 0.6) is 0 Å². The van der Waals surface area contributed by atoms with Crippen LogP contribution in [0.3, 0.4) is 0 Å². The Morgan fingerprint density at radius 3 is 2.62 bits per heavy atom. The van der Waals surface area contributed by atoms with Crippen LogP contribution in [-0.4, -0.2) is 51.9 Å². The smallest absolute Gasteiger partial charge is 0.272 e. The number of amides is 1. The van der Waals surface area contributed by atoms with Crippen LogP contribution < -0.4 is 4.90 Å². The Labute approximate surface area is 127 Å². The fourth-order valence-corrected chi connectivity index (χ4v) is 2.45. The monoisotopic (exact) mass is 303 g/mol. The van der Waals surface area contributed by atoms with Crippen molar-refractivity contribution in [1.82, 2.24) is 19.9 Å². The Balaban J connectivity index is 1.64. The standard InChI is InChI=1S/C14H14ClN5O/c15-12-3-1-2-11(18-12)14(21)20-8-6-19(7-9-20)13-10-16-4-5-17-13/h1-5,10H,6-9H2. The molecule has 1 aliphatic heterocycles. The molecule has 21 heavy (non-hydrogen) atoms. The first kappa shape index (κ1) is 13.8. The van der Waals surface area contributed by atoms with Gasteiger partial charge in [-0.1, -0.05) is 17.7 Å². The number of halogens is 1. The van der Waals surface area contributed by atoms with E-state index in [-0.39, 0.29) is 5.91 Å². The topological polar surface area (TPSA) is 62.2 Å². The van der Waals surface area contributed by atoms with Crippen LogP contribution in [0, 0.1) is 0 Å². The fourth-order valence-electron chi connectivity index (χ4n) is 2.28. The lowest BCUT2D eigenvalue weighted by Gasteiger charge is -2.35. The molecule has 0 aromatic carbocycles. The molecular weight excluding hydrogens is 290 g/mol. The zero-order valence-corrected chi connectivity index (χ0v) is 12.1. The van der Waals surface area contributed by atoms with E-state index in [2.05, 4.69) is 19.9 Å². The largest absolute Gasteiger partial charge is 0.352 e. The molecule has 3 heterocycles. The number of pyridine rings is 1. The third-order valence-corrected chi connectivity index (χ3v) is 3.59. The van der Waals surface area contributed by atoms with Crippen molar-refractivity contribution in [3.05, 3.63) is 47.6 Å². The minimum atomic E-state index is -0.0868. The first-order valence-electron chi connectivity index (χ1n) is 6.67. The maximum atomic E-state index is 12.4. The van der Waals surface area contributed by atoms with E-state index in [9.17, 15) is 4.79 Å². The molecule has 6 nitrogen and oxygen atoms in total. The predicted octanol–water partition coefficient (Wildman–Crippen LogP) is 1.49. The minimum Gasteiger partial charge on any atom is -0.352 e. The van der Waals surface area contributed by atoms with Gasteiger partial charge in [0, 0.05) is 38.6 Å². The molecule has 2 aromatic rings. The first-order chi connectivity index (χ1) is 10.2. The molecule has 3 rings (SSSR count). The molecule has 0 unspecified atom stereocenters. The first-order valence-corrected chi connectivity index (χ1v) is 7.04. The van der Waals surface area contributed by atoms with Gasteiger partial charge in [-0.15, -0.1) is 0 Å². The summed E-state index contributed by atoms with van der Waals surface area (Å²) in [6, 6.07) is 5.08. The number of nitrogens with zero attached hydrogens (tertiary/aromatic N) is 5. The second-order valence-corrected chi connectivity index (χ2v) is 5.08. The van der Waals surface area contributed by atoms with Crippen LogP contribution in [0.1, 0.15) is 10.5 Å². The summed E-state index contributed by atoms with van der Waals surface area (Å²) >= 11 is 5.83. The van der Waals surface area contributed by atoms with Crippen molar-refractivity contribution in [2.24, 2.45) is 0 Å². The molecule has 0 N–H and O–H groups in total. The number of carbonyl (C=O) groups excluding carboxylic acids is 1. The van der Waals surface area contributed by atoms with Gasteiger partial charge < -0.3 is 9.80 Å². The summed E-state index contributed by atoms with van der Waals surface area (Å²) < 4.78 is 0. The van der Waals surface area contributed by atoms with Crippen LogP contribution >= 0.6 is 11.6 Å². The van der Waals surface area contributed by atoms with Crippen molar-refractivity contribution < 1.29 is 4.79 Å². The second-order valence-electron chi connectivity index (χ2n) is 4.69. The Morgan fingerprint density at radius 2 is 1.95 bits per heavy atom. The van der Waals surface area contributed by atoms with E-state index in [4.69, 9.17) is 11.6 Å². The van der Waals surface area contributed by atoms with Gasteiger partial charge in [-0.25, -0.2) is 9.97 Å². The second kappa shape index (κ2) is 6.05. The highest BCUT2D eigenvalue weighted by Crippen LogP contribution is 2.14. The molecule has 1 saturated heterocycles. The Hall–Kier alpha value is -2.21. The lowest BCUT2D eigenvalue weighted by molar-refractivity contribution is 0.0740. The summed E-state index contributed by atoms with van der Waals surface area (Å²) in [5.74, 6) is 0.752. The summed E-state index contributed by atoms with van der Waals surface area (Å²) in [6.45, 7) is 2.71. The fraction of sp³-hybridized carbons (Fsp3) is 0.286. The van der Waals surface area contributed by atoms with Gasteiger partial charge in [0.25, 0.3) is 5.91 Å². The number of rotatable bonds is 2. The lowest BCUT2D eigenvalue weighted by Crippen LogP contribution is -2.49. The van der Waals surface area contributed by atoms with Crippen molar-refractivity contribution in [3.63, 3.8) is 0 Å². The average molecular weight is 304 g/mol. The Bertz CT molecular complexity index is 628. The summed E-state index contributed by atoms with van der Waals surface area (Å²) in [4.78, 5) is 28.6. The number of hydrogen-bond donors (Lipinski definition) is 0. The van der Waals surface area contributed by atoms with Crippen molar-refractivity contribution in [3.8, 4) is 0 Å². The Morgan fingerprint density at radius 1 is 1.14 bits per heavy atom. The van der Waals surface area contributed by atoms with Gasteiger partial charge in [-0.2, -0.15) is 0 Å². The zero-order valence-electron chi connectivity index (χ0n) is 11.3. The number of hydrogen-bond acceptors (Lipinski definition) is 5. The molecule has 0 saturated carbocycles. The third-order valence-electron chi connectivity index (χ3n) is 3.37. The SMILES string of the molecule is O=C(c1cccc(Cl)n1)N1CCN(c2cnccn2)CC1. The molecule has 0 aliphatic carbocycles. The van der Waals surface area contributed by atoms with Crippen LogP contribution in [0.15, 0.2) is 36.8 Å². The number of piperazine rings is 1. The van der Waals surface area contributed by atoms with E-state index in [1.807, 2.05) is 0 Å². The number of aromatic nitrogens is 3. The molecule has 0 atom stereocenters. The van der Waals surface area contributed by atoms with Crippen molar-refractivity contribution >= 4 is 23.3 Å². The molecule has 2 aromatic heterocycles. The highest BCUT2D eigenvalue weighted by molar-refractivity contribution is 6.29. The van der Waals surface area contributed by atoms with Crippen molar-refractivity contribution in [2.45, 2.75) is 0 Å². The van der Waals surface area contributed by atoms with E-state index in [0.29, 0.717) is 23.9 Å². The minimum absolute atomic E-state index is 0.0868. The van der Waals surface area contributed by atoms with Gasteiger partial charge in [-0.3, -0.25) is 9.78 Å². The lowest BCUT2D eigenvalue weighted by atomic mass is 10.2. The van der Waals surface area contributed by atoms with Gasteiger partial charge in [0.15, 0.2) is 0 Å². The normalized spacial score (nSPS) is 15.1. The third kappa shape index (κ3) is 3.11. The maximum Gasteiger partial charge on any atom is 0.272 e. The maximum absolute atomic E-state index is 12.4. The van der Waals surface area contributed by atoms with Gasteiger partial charge in [0.1, 0.15) is 16.7 Å². The van der Waals surface area contributed by atoms with E-state index in [1.54, 1.807) is 41.7 Å². The number of carbonyl (C=O) groups is 1. The summed E-state index contributed by atoms with van der Waals surface area (Å²) in [5, 5.41) is 0.332. The van der Waals surface area contributed by atoms with E-state index in [1.165, 1.54) is 0 Å². The van der Waals surface area contributed by atoms with Gasteiger partial charge in [0.2, 0.25) is 0 Å². The van der Waals surface area contributed by atoms with E-state index in [0.717, 1.165) is 18.9 Å². The number of anilines is 1. The summed E-state index contributed by atoms with van der Waals surface area (Å²) in [7, 11) is 0. The summed E-state index contributed by atoms with van der Waals surface area (Å²) in [6.07, 6.45) is 5.05. The van der Waals surface area contributed by atoms with E-state index >= 15 is 0 Å².